The van der Waals surface area contributed by atoms with Crippen molar-refractivity contribution in [1.82, 2.24) is 10.3 Å². The third-order valence-corrected chi connectivity index (χ3v) is 4.15. The zero-order valence-electron chi connectivity index (χ0n) is 15.0. The van der Waals surface area contributed by atoms with E-state index < -0.39 is 0 Å². The molecule has 4 aromatic rings. The molecule has 5 nitrogen and oxygen atoms in total. The number of aromatic nitrogens is 1. The van der Waals surface area contributed by atoms with E-state index in [1.807, 2.05) is 66.7 Å². The van der Waals surface area contributed by atoms with E-state index in [4.69, 9.17) is 9.15 Å². The second-order valence-corrected chi connectivity index (χ2v) is 6.12. The first kappa shape index (κ1) is 17.5. The Balaban J connectivity index is 1.47. The minimum absolute atomic E-state index is 0.206. The van der Waals surface area contributed by atoms with Gasteiger partial charge in [0.05, 0.1) is 11.8 Å². The molecule has 0 aliphatic rings. The predicted octanol–water partition coefficient (Wildman–Crippen LogP) is 5.06. The van der Waals surface area contributed by atoms with Crippen LogP contribution in [0.25, 0.3) is 11.5 Å². The number of hydrogen-bond donors (Lipinski definition) is 1. The van der Waals surface area contributed by atoms with Gasteiger partial charge in [-0.2, -0.15) is 0 Å². The van der Waals surface area contributed by atoms with E-state index in [0.29, 0.717) is 29.4 Å². The summed E-state index contributed by atoms with van der Waals surface area (Å²) in [6.45, 7) is 0.370. The quantitative estimate of drug-likeness (QED) is 0.515. The maximum Gasteiger partial charge on any atom is 0.255 e. The van der Waals surface area contributed by atoms with Crippen LogP contribution in [-0.2, 0) is 6.54 Å². The van der Waals surface area contributed by atoms with Crippen molar-refractivity contribution in [3.63, 3.8) is 0 Å². The van der Waals surface area contributed by atoms with Crippen molar-refractivity contribution in [2.45, 2.75) is 6.54 Å². The Bertz CT molecular complexity index is 1060. The van der Waals surface area contributed by atoms with Crippen molar-refractivity contribution in [2.75, 3.05) is 0 Å². The van der Waals surface area contributed by atoms with Gasteiger partial charge in [0, 0.05) is 12.7 Å². The number of furan rings is 1. The van der Waals surface area contributed by atoms with Crippen molar-refractivity contribution >= 4 is 5.91 Å². The van der Waals surface area contributed by atoms with Gasteiger partial charge in [0.2, 0.25) is 0 Å². The molecule has 0 aliphatic heterocycles. The van der Waals surface area contributed by atoms with Gasteiger partial charge >= 0.3 is 0 Å². The molecule has 5 heteroatoms. The van der Waals surface area contributed by atoms with Crippen molar-refractivity contribution in [3.8, 4) is 23.0 Å². The van der Waals surface area contributed by atoms with Crippen LogP contribution in [0.1, 0.15) is 15.9 Å². The van der Waals surface area contributed by atoms with Crippen LogP contribution in [0.5, 0.6) is 11.5 Å². The van der Waals surface area contributed by atoms with Crippen LogP contribution in [0.2, 0.25) is 0 Å². The second kappa shape index (κ2) is 8.22. The summed E-state index contributed by atoms with van der Waals surface area (Å²) >= 11 is 0. The SMILES string of the molecule is O=C(NCc1ccnc(-c2ccco2)c1)c1ccccc1Oc1ccccc1. The number of hydrogen-bond acceptors (Lipinski definition) is 4. The number of benzene rings is 2. The first-order valence-corrected chi connectivity index (χ1v) is 8.88. The summed E-state index contributed by atoms with van der Waals surface area (Å²) in [5.41, 5.74) is 2.13. The molecule has 0 unspecified atom stereocenters. The normalized spacial score (nSPS) is 10.4. The number of carbonyl (C=O) groups is 1. The van der Waals surface area contributed by atoms with E-state index in [1.54, 1.807) is 24.6 Å². The average Bonchev–Trinajstić information content (AvgIpc) is 3.28. The fourth-order valence-corrected chi connectivity index (χ4v) is 2.78. The molecule has 28 heavy (non-hydrogen) atoms. The van der Waals surface area contributed by atoms with Crippen LogP contribution in [0.3, 0.4) is 0 Å². The number of rotatable bonds is 6. The monoisotopic (exact) mass is 370 g/mol. The number of amides is 1. The zero-order chi connectivity index (χ0) is 19.2. The maximum absolute atomic E-state index is 12.7. The van der Waals surface area contributed by atoms with Crippen molar-refractivity contribution < 1.29 is 13.9 Å². The maximum atomic E-state index is 12.7. The highest BCUT2D eigenvalue weighted by Gasteiger charge is 2.13. The zero-order valence-corrected chi connectivity index (χ0v) is 15.0. The molecule has 1 amide bonds. The van der Waals surface area contributed by atoms with Crippen molar-refractivity contribution in [3.05, 3.63) is 102 Å². The van der Waals surface area contributed by atoms with E-state index >= 15 is 0 Å². The number of nitrogens with zero attached hydrogens (tertiary/aromatic N) is 1. The van der Waals surface area contributed by atoms with Crippen LogP contribution in [0.15, 0.2) is 95.7 Å². The summed E-state index contributed by atoms with van der Waals surface area (Å²) in [6.07, 6.45) is 3.31. The Morgan fingerprint density at radius 3 is 2.61 bits per heavy atom. The molecular formula is C23H18N2O3. The molecule has 2 aromatic heterocycles. The van der Waals surface area contributed by atoms with Crippen molar-refractivity contribution in [2.24, 2.45) is 0 Å². The van der Waals surface area contributed by atoms with Gasteiger partial charge in [-0.25, -0.2) is 0 Å². The molecule has 0 spiro atoms. The smallest absolute Gasteiger partial charge is 0.255 e. The van der Waals surface area contributed by atoms with Gasteiger partial charge in [0.1, 0.15) is 17.2 Å². The van der Waals surface area contributed by atoms with Crippen LogP contribution < -0.4 is 10.1 Å². The highest BCUT2D eigenvalue weighted by molar-refractivity contribution is 5.97. The Kier molecular flexibility index (Phi) is 5.15. The molecule has 2 heterocycles. The molecule has 0 fully saturated rings. The Morgan fingerprint density at radius 1 is 0.964 bits per heavy atom. The minimum Gasteiger partial charge on any atom is -0.463 e. The Labute approximate surface area is 162 Å². The Hall–Kier alpha value is -3.86. The molecule has 1 N–H and O–H groups in total. The number of nitrogens with one attached hydrogen (secondary N) is 1. The summed E-state index contributed by atoms with van der Waals surface area (Å²) in [6, 6.07) is 24.0. The molecule has 2 aromatic carbocycles. The van der Waals surface area contributed by atoms with Gasteiger partial charge in [-0.3, -0.25) is 9.78 Å². The average molecular weight is 370 g/mol. The lowest BCUT2D eigenvalue weighted by atomic mass is 10.1. The summed E-state index contributed by atoms with van der Waals surface area (Å²) in [7, 11) is 0. The third kappa shape index (κ3) is 4.10. The molecule has 0 atom stereocenters. The van der Waals surface area contributed by atoms with Crippen LogP contribution in [0, 0.1) is 0 Å². The van der Waals surface area contributed by atoms with Crippen LogP contribution in [0.4, 0.5) is 0 Å². The van der Waals surface area contributed by atoms with E-state index in [0.717, 1.165) is 11.3 Å². The highest BCUT2D eigenvalue weighted by atomic mass is 16.5. The third-order valence-electron chi connectivity index (χ3n) is 4.15. The summed E-state index contributed by atoms with van der Waals surface area (Å²) < 4.78 is 11.2. The summed E-state index contributed by atoms with van der Waals surface area (Å²) in [5.74, 6) is 1.68. The molecule has 0 bridgehead atoms. The lowest BCUT2D eigenvalue weighted by molar-refractivity contribution is 0.0948. The lowest BCUT2D eigenvalue weighted by Crippen LogP contribution is -2.23. The standard InChI is InChI=1S/C23H18N2O3/c26-23(19-9-4-5-10-21(19)28-18-7-2-1-3-8-18)25-16-17-12-13-24-20(15-17)22-11-6-14-27-22/h1-15H,16H2,(H,25,26). The summed E-state index contributed by atoms with van der Waals surface area (Å²) in [4.78, 5) is 17.0. The first-order valence-electron chi connectivity index (χ1n) is 8.88. The van der Waals surface area contributed by atoms with E-state index in [-0.39, 0.29) is 5.91 Å². The first-order chi connectivity index (χ1) is 13.8. The Morgan fingerprint density at radius 2 is 1.79 bits per heavy atom. The fraction of sp³-hybridized carbons (Fsp3) is 0.0435. The topological polar surface area (TPSA) is 64.4 Å². The van der Waals surface area contributed by atoms with E-state index in [1.165, 1.54) is 0 Å². The largest absolute Gasteiger partial charge is 0.463 e. The van der Waals surface area contributed by atoms with Gasteiger partial charge in [-0.05, 0) is 54.1 Å². The predicted molar refractivity (Wildman–Crippen MR) is 106 cm³/mol. The van der Waals surface area contributed by atoms with Crippen LogP contribution in [-0.4, -0.2) is 10.9 Å². The van der Waals surface area contributed by atoms with Crippen LogP contribution >= 0.6 is 0 Å². The molecule has 0 saturated carbocycles. The number of ether oxygens (including phenoxy) is 1. The van der Waals surface area contributed by atoms with E-state index in [9.17, 15) is 4.79 Å². The van der Waals surface area contributed by atoms with Gasteiger partial charge in [0.15, 0.2) is 5.76 Å². The number of carbonyl (C=O) groups excluding carboxylic acids is 1. The second-order valence-electron chi connectivity index (χ2n) is 6.12. The molecule has 0 saturated heterocycles. The molecule has 4 rings (SSSR count). The summed E-state index contributed by atoms with van der Waals surface area (Å²) in [5, 5.41) is 2.94. The van der Waals surface area contributed by atoms with Gasteiger partial charge < -0.3 is 14.5 Å². The minimum atomic E-state index is -0.206. The highest BCUT2D eigenvalue weighted by Crippen LogP contribution is 2.25. The fourth-order valence-electron chi connectivity index (χ4n) is 2.78. The van der Waals surface area contributed by atoms with Gasteiger partial charge in [-0.1, -0.05) is 30.3 Å². The molecule has 138 valence electrons. The molecule has 0 aliphatic carbocycles. The van der Waals surface area contributed by atoms with Crippen molar-refractivity contribution in [1.29, 1.82) is 0 Å². The van der Waals surface area contributed by atoms with E-state index in [2.05, 4.69) is 10.3 Å². The number of para-hydroxylation sites is 2. The van der Waals surface area contributed by atoms with Gasteiger partial charge in [-0.15, -0.1) is 0 Å². The van der Waals surface area contributed by atoms with Gasteiger partial charge in [0.25, 0.3) is 5.91 Å². The lowest BCUT2D eigenvalue weighted by Gasteiger charge is -2.11. The molecule has 0 radical (unpaired) electrons. The number of pyridine rings is 1. The molecular weight excluding hydrogens is 352 g/mol.